The van der Waals surface area contributed by atoms with Gasteiger partial charge >= 0.3 is 0 Å². The smallest absolute Gasteiger partial charge is 0.263 e. The summed E-state index contributed by atoms with van der Waals surface area (Å²) in [5.74, 6) is 0.263. The number of carbonyl (C=O) groups is 1. The molecule has 1 aromatic carbocycles. The molecular weight excluding hydrogens is 344 g/mol. The van der Waals surface area contributed by atoms with Crippen molar-refractivity contribution >= 4 is 55.0 Å². The monoisotopic (exact) mass is 354 g/mol. The highest BCUT2D eigenvalue weighted by Gasteiger charge is 2.17. The number of hydrogen-bond donors (Lipinski definition) is 2. The van der Waals surface area contributed by atoms with Crippen LogP contribution in [0.2, 0.25) is 0 Å². The SMILES string of the molecule is O=C1CSC(=Nc2ccc(S(=O)(=O)Nc3nccs3)cc2)N1. The highest BCUT2D eigenvalue weighted by Crippen LogP contribution is 2.22. The van der Waals surface area contributed by atoms with Gasteiger partial charge in [0.25, 0.3) is 10.0 Å². The van der Waals surface area contributed by atoms with Crippen LogP contribution >= 0.6 is 23.1 Å². The van der Waals surface area contributed by atoms with Crippen molar-refractivity contribution in [3.63, 3.8) is 0 Å². The van der Waals surface area contributed by atoms with E-state index in [1.807, 2.05) is 0 Å². The van der Waals surface area contributed by atoms with E-state index in [4.69, 9.17) is 0 Å². The average molecular weight is 354 g/mol. The van der Waals surface area contributed by atoms with Crippen molar-refractivity contribution < 1.29 is 13.2 Å². The van der Waals surface area contributed by atoms with Crippen molar-refractivity contribution in [2.75, 3.05) is 10.5 Å². The maximum Gasteiger partial charge on any atom is 0.263 e. The second-order valence-electron chi connectivity index (χ2n) is 4.19. The van der Waals surface area contributed by atoms with Crippen molar-refractivity contribution in [3.05, 3.63) is 35.8 Å². The van der Waals surface area contributed by atoms with Crippen LogP contribution in [-0.2, 0) is 14.8 Å². The zero-order valence-corrected chi connectivity index (χ0v) is 13.5. The molecule has 0 saturated carbocycles. The minimum atomic E-state index is -3.66. The second-order valence-corrected chi connectivity index (χ2v) is 7.73. The number of aromatic nitrogens is 1. The molecule has 1 aliphatic rings. The van der Waals surface area contributed by atoms with Gasteiger partial charge in [0.1, 0.15) is 0 Å². The molecule has 1 amide bonds. The Hall–Kier alpha value is -1.91. The lowest BCUT2D eigenvalue weighted by atomic mass is 10.3. The summed E-state index contributed by atoms with van der Waals surface area (Å²) < 4.78 is 26.7. The summed E-state index contributed by atoms with van der Waals surface area (Å²) in [5, 5.41) is 5.13. The molecule has 0 bridgehead atoms. The van der Waals surface area contributed by atoms with Crippen LogP contribution in [0.25, 0.3) is 0 Å². The Morgan fingerprint density at radius 1 is 1.27 bits per heavy atom. The minimum Gasteiger partial charge on any atom is -0.304 e. The van der Waals surface area contributed by atoms with Crippen LogP contribution in [0.5, 0.6) is 0 Å². The number of thioether (sulfide) groups is 1. The van der Waals surface area contributed by atoms with Crippen molar-refractivity contribution in [3.8, 4) is 0 Å². The van der Waals surface area contributed by atoms with Crippen LogP contribution in [0.15, 0.2) is 45.7 Å². The number of thiazole rings is 1. The third-order valence-electron chi connectivity index (χ3n) is 2.62. The summed E-state index contributed by atoms with van der Waals surface area (Å²) >= 11 is 2.51. The number of aliphatic imine (C=N–C) groups is 1. The standard InChI is InChI=1S/C12H10N4O3S3/c17-10-7-21-12(15-10)14-8-1-3-9(4-2-8)22(18,19)16-11-13-5-6-20-11/h1-6H,7H2,(H,13,16)(H,14,15,17). The van der Waals surface area contributed by atoms with Crippen LogP contribution in [0.1, 0.15) is 0 Å². The Labute approximate surface area is 134 Å². The van der Waals surface area contributed by atoms with Crippen molar-refractivity contribution in [1.29, 1.82) is 0 Å². The third kappa shape index (κ3) is 3.46. The summed E-state index contributed by atoms with van der Waals surface area (Å²) in [6.45, 7) is 0. The van der Waals surface area contributed by atoms with E-state index in [0.29, 0.717) is 21.7 Å². The number of amides is 1. The van der Waals surface area contributed by atoms with Crippen LogP contribution in [0.3, 0.4) is 0 Å². The predicted octanol–water partition coefficient (Wildman–Crippen LogP) is 1.79. The summed E-state index contributed by atoms with van der Waals surface area (Å²) in [7, 11) is -3.66. The molecule has 1 aromatic heterocycles. The Morgan fingerprint density at radius 2 is 2.05 bits per heavy atom. The molecule has 0 aliphatic carbocycles. The highest BCUT2D eigenvalue weighted by atomic mass is 32.2. The van der Waals surface area contributed by atoms with E-state index in [0.717, 1.165) is 0 Å². The van der Waals surface area contributed by atoms with Gasteiger partial charge < -0.3 is 5.32 Å². The molecule has 1 fully saturated rings. The van der Waals surface area contributed by atoms with Gasteiger partial charge in [-0.15, -0.1) is 11.3 Å². The number of sulfonamides is 1. The number of anilines is 1. The largest absolute Gasteiger partial charge is 0.304 e. The summed E-state index contributed by atoms with van der Waals surface area (Å²) in [6.07, 6.45) is 1.52. The first-order valence-corrected chi connectivity index (χ1v) is 9.41. The summed E-state index contributed by atoms with van der Waals surface area (Å²) in [4.78, 5) is 19.3. The van der Waals surface area contributed by atoms with Gasteiger partial charge in [0.05, 0.1) is 16.3 Å². The van der Waals surface area contributed by atoms with E-state index in [1.54, 1.807) is 17.5 Å². The van der Waals surface area contributed by atoms with Gasteiger partial charge in [-0.05, 0) is 24.3 Å². The molecule has 0 unspecified atom stereocenters. The van der Waals surface area contributed by atoms with Crippen LogP contribution in [0, 0.1) is 0 Å². The molecule has 1 aliphatic heterocycles. The van der Waals surface area contributed by atoms with Gasteiger partial charge in [0, 0.05) is 11.6 Å². The van der Waals surface area contributed by atoms with Gasteiger partial charge in [0.2, 0.25) is 5.91 Å². The summed E-state index contributed by atoms with van der Waals surface area (Å²) in [5.41, 5.74) is 0.567. The predicted molar refractivity (Wildman–Crippen MR) is 87.1 cm³/mol. The first-order chi connectivity index (χ1) is 10.5. The Morgan fingerprint density at radius 3 is 2.64 bits per heavy atom. The average Bonchev–Trinajstić information content (AvgIpc) is 3.11. The zero-order valence-electron chi connectivity index (χ0n) is 11.0. The highest BCUT2D eigenvalue weighted by molar-refractivity contribution is 8.15. The zero-order chi connectivity index (χ0) is 15.6. The van der Waals surface area contributed by atoms with E-state index < -0.39 is 10.0 Å². The molecule has 2 heterocycles. The maximum atomic E-state index is 12.2. The fraction of sp³-hybridized carbons (Fsp3) is 0.0833. The number of nitrogens with one attached hydrogen (secondary N) is 2. The Balaban J connectivity index is 1.77. The molecule has 7 nitrogen and oxygen atoms in total. The van der Waals surface area contributed by atoms with E-state index in [1.165, 1.54) is 41.4 Å². The molecule has 1 saturated heterocycles. The number of hydrogen-bond acceptors (Lipinski definition) is 7. The molecule has 114 valence electrons. The van der Waals surface area contributed by atoms with Gasteiger partial charge in [-0.1, -0.05) is 11.8 Å². The Bertz CT molecular complexity index is 814. The fourth-order valence-electron chi connectivity index (χ4n) is 1.65. The van der Waals surface area contributed by atoms with E-state index in [9.17, 15) is 13.2 Å². The van der Waals surface area contributed by atoms with E-state index >= 15 is 0 Å². The van der Waals surface area contributed by atoms with Crippen LogP contribution < -0.4 is 10.0 Å². The minimum absolute atomic E-state index is 0.0874. The number of benzene rings is 1. The lowest BCUT2D eigenvalue weighted by molar-refractivity contribution is -0.116. The quantitative estimate of drug-likeness (QED) is 0.872. The normalized spacial score (nSPS) is 16.7. The van der Waals surface area contributed by atoms with Gasteiger partial charge in [-0.3, -0.25) is 9.52 Å². The van der Waals surface area contributed by atoms with E-state index in [-0.39, 0.29) is 10.8 Å². The van der Waals surface area contributed by atoms with Crippen molar-refractivity contribution in [2.24, 2.45) is 4.99 Å². The van der Waals surface area contributed by atoms with Crippen LogP contribution in [0.4, 0.5) is 10.8 Å². The molecule has 0 atom stereocenters. The Kier molecular flexibility index (Phi) is 4.14. The molecule has 0 spiro atoms. The molecule has 3 rings (SSSR count). The molecule has 0 radical (unpaired) electrons. The fourth-order valence-corrected chi connectivity index (χ4v) is 4.14. The topological polar surface area (TPSA) is 101 Å². The molecule has 22 heavy (non-hydrogen) atoms. The van der Waals surface area contributed by atoms with Gasteiger partial charge in [-0.25, -0.2) is 18.4 Å². The first-order valence-electron chi connectivity index (χ1n) is 6.07. The number of rotatable bonds is 4. The molecular formula is C12H10N4O3S3. The summed E-state index contributed by atoms with van der Waals surface area (Å²) in [6, 6.07) is 6.07. The van der Waals surface area contributed by atoms with E-state index in [2.05, 4.69) is 20.0 Å². The van der Waals surface area contributed by atoms with Gasteiger partial charge in [-0.2, -0.15) is 0 Å². The number of nitrogens with zero attached hydrogens (tertiary/aromatic N) is 2. The first kappa shape index (κ1) is 15.0. The number of amidine groups is 1. The third-order valence-corrected chi connectivity index (χ3v) is 5.66. The molecule has 2 N–H and O–H groups in total. The van der Waals surface area contributed by atoms with Crippen molar-refractivity contribution in [2.45, 2.75) is 4.90 Å². The number of carbonyl (C=O) groups excluding carboxylic acids is 1. The van der Waals surface area contributed by atoms with Crippen molar-refractivity contribution in [1.82, 2.24) is 10.3 Å². The van der Waals surface area contributed by atoms with Gasteiger partial charge in [0.15, 0.2) is 10.3 Å². The lowest BCUT2D eigenvalue weighted by Gasteiger charge is -2.05. The second kappa shape index (κ2) is 6.07. The molecule has 10 heteroatoms. The molecule has 2 aromatic rings. The maximum absolute atomic E-state index is 12.2. The lowest BCUT2D eigenvalue weighted by Crippen LogP contribution is -2.19. The van der Waals surface area contributed by atoms with Crippen LogP contribution in [-0.4, -0.2) is 30.2 Å².